The molecule has 0 aliphatic heterocycles. The Kier molecular flexibility index (Phi) is 6.13. The van der Waals surface area contributed by atoms with Crippen LogP contribution in [-0.2, 0) is 21.0 Å². The van der Waals surface area contributed by atoms with Gasteiger partial charge in [-0.05, 0) is 49.4 Å². The summed E-state index contributed by atoms with van der Waals surface area (Å²) in [5.41, 5.74) is -1.73. The molecule has 1 amide bonds. The fourth-order valence-corrected chi connectivity index (χ4v) is 3.44. The van der Waals surface area contributed by atoms with Gasteiger partial charge in [0.25, 0.3) is 0 Å². The molecule has 0 fully saturated rings. The van der Waals surface area contributed by atoms with E-state index in [2.05, 4.69) is 0 Å². The normalized spacial score (nSPS) is 13.3. The lowest BCUT2D eigenvalue weighted by molar-refractivity contribution is -0.137. The van der Waals surface area contributed by atoms with Gasteiger partial charge in [-0.15, -0.1) is 0 Å². The van der Waals surface area contributed by atoms with Crippen molar-refractivity contribution in [3.8, 4) is 0 Å². The van der Waals surface area contributed by atoms with Crippen LogP contribution in [0.15, 0.2) is 47.4 Å². The number of halogens is 5. The van der Waals surface area contributed by atoms with E-state index >= 15 is 0 Å². The third-order valence-electron chi connectivity index (χ3n) is 3.39. The number of benzene rings is 2. The summed E-state index contributed by atoms with van der Waals surface area (Å²) < 4.78 is 78.4. The number of amides is 1. The highest BCUT2D eigenvalue weighted by molar-refractivity contribution is 7.89. The molecule has 0 saturated heterocycles. The minimum Gasteiger partial charge on any atom is -0.324 e. The summed E-state index contributed by atoms with van der Waals surface area (Å²) in [7, 11) is -4.18. The van der Waals surface area contributed by atoms with Crippen LogP contribution in [0.25, 0.3) is 0 Å². The van der Waals surface area contributed by atoms with Gasteiger partial charge < -0.3 is 5.32 Å². The van der Waals surface area contributed by atoms with Gasteiger partial charge in [0.1, 0.15) is 5.82 Å². The molecule has 0 saturated carbocycles. The van der Waals surface area contributed by atoms with Crippen molar-refractivity contribution < 1.29 is 30.8 Å². The first-order valence-corrected chi connectivity index (χ1v) is 9.22. The van der Waals surface area contributed by atoms with Crippen molar-refractivity contribution in [2.45, 2.75) is 24.0 Å². The number of rotatable bonds is 5. The molecule has 1 atom stereocenters. The SMILES string of the molecule is C[C@H](NS(=O)(=O)c1ccc(F)cc1)C(=O)Nc1ccc(Cl)cc1C(F)(F)F. The predicted octanol–water partition coefficient (Wildman–Crippen LogP) is 3.80. The largest absolute Gasteiger partial charge is 0.418 e. The molecule has 11 heteroatoms. The fourth-order valence-electron chi connectivity index (χ4n) is 2.07. The molecule has 0 aliphatic carbocycles. The quantitative estimate of drug-likeness (QED) is 0.717. The monoisotopic (exact) mass is 424 g/mol. The number of alkyl halides is 3. The Labute approximate surface area is 157 Å². The van der Waals surface area contributed by atoms with Gasteiger partial charge in [-0.3, -0.25) is 4.79 Å². The molecule has 0 radical (unpaired) electrons. The van der Waals surface area contributed by atoms with E-state index in [-0.39, 0.29) is 9.92 Å². The molecule has 2 aromatic carbocycles. The van der Waals surface area contributed by atoms with E-state index in [9.17, 15) is 30.8 Å². The second-order valence-electron chi connectivity index (χ2n) is 5.47. The molecule has 2 N–H and O–H groups in total. The Bertz CT molecular complexity index is 947. The van der Waals surface area contributed by atoms with E-state index in [0.717, 1.165) is 43.3 Å². The first-order valence-electron chi connectivity index (χ1n) is 7.35. The standard InChI is InChI=1S/C16H13ClF4N2O3S/c1-9(23-27(25,26)12-5-3-11(18)4-6-12)15(24)22-14-7-2-10(17)8-13(14)16(19,20)21/h2-9,23H,1H3,(H,22,24)/t9-/m0/s1. The molecule has 0 unspecified atom stereocenters. The van der Waals surface area contributed by atoms with Crippen LogP contribution in [0.1, 0.15) is 12.5 Å². The zero-order valence-corrected chi connectivity index (χ0v) is 15.2. The van der Waals surface area contributed by atoms with E-state index in [1.54, 1.807) is 0 Å². The zero-order chi connectivity index (χ0) is 20.4. The Hall–Kier alpha value is -2.17. The van der Waals surface area contributed by atoms with Crippen LogP contribution in [0, 0.1) is 5.82 Å². The summed E-state index contributed by atoms with van der Waals surface area (Å²) in [6.45, 7) is 1.15. The number of hydrogen-bond acceptors (Lipinski definition) is 3. The fraction of sp³-hybridized carbons (Fsp3) is 0.188. The number of carbonyl (C=O) groups is 1. The zero-order valence-electron chi connectivity index (χ0n) is 13.6. The lowest BCUT2D eigenvalue weighted by Gasteiger charge is -2.17. The number of nitrogens with one attached hydrogen (secondary N) is 2. The second kappa shape index (κ2) is 7.83. The third-order valence-corrected chi connectivity index (χ3v) is 5.19. The van der Waals surface area contributed by atoms with E-state index < -0.39 is 45.2 Å². The molecule has 146 valence electrons. The lowest BCUT2D eigenvalue weighted by atomic mass is 10.1. The number of sulfonamides is 1. The van der Waals surface area contributed by atoms with Crippen molar-refractivity contribution in [3.05, 3.63) is 58.9 Å². The maximum atomic E-state index is 13.1. The van der Waals surface area contributed by atoms with Crippen LogP contribution in [0.3, 0.4) is 0 Å². The first kappa shape index (κ1) is 21.1. The molecular weight excluding hydrogens is 412 g/mol. The van der Waals surface area contributed by atoms with Gasteiger partial charge in [-0.1, -0.05) is 11.6 Å². The number of hydrogen-bond donors (Lipinski definition) is 2. The first-order chi connectivity index (χ1) is 12.4. The highest BCUT2D eigenvalue weighted by Gasteiger charge is 2.34. The van der Waals surface area contributed by atoms with Crippen LogP contribution in [0.5, 0.6) is 0 Å². The van der Waals surface area contributed by atoms with Crippen molar-refractivity contribution in [3.63, 3.8) is 0 Å². The molecular formula is C16H13ClF4N2O3S. The van der Waals surface area contributed by atoms with Crippen LogP contribution < -0.4 is 10.0 Å². The highest BCUT2D eigenvalue weighted by atomic mass is 35.5. The smallest absolute Gasteiger partial charge is 0.324 e. The summed E-state index contributed by atoms with van der Waals surface area (Å²) >= 11 is 5.56. The van der Waals surface area contributed by atoms with Crippen LogP contribution in [-0.4, -0.2) is 20.4 Å². The third kappa shape index (κ3) is 5.41. The second-order valence-corrected chi connectivity index (χ2v) is 7.62. The summed E-state index contributed by atoms with van der Waals surface area (Å²) in [4.78, 5) is 11.8. The lowest BCUT2D eigenvalue weighted by Crippen LogP contribution is -2.41. The molecule has 2 aromatic rings. The summed E-state index contributed by atoms with van der Waals surface area (Å²) in [6, 6.07) is 5.17. The Morgan fingerprint density at radius 1 is 1.11 bits per heavy atom. The van der Waals surface area contributed by atoms with Crippen molar-refractivity contribution in [2.75, 3.05) is 5.32 Å². The summed E-state index contributed by atoms with van der Waals surface area (Å²) in [5, 5.41) is 1.85. The molecule has 2 rings (SSSR count). The van der Waals surface area contributed by atoms with Gasteiger partial charge in [-0.25, -0.2) is 12.8 Å². The molecule has 0 spiro atoms. The van der Waals surface area contributed by atoms with Gasteiger partial charge >= 0.3 is 6.18 Å². The Morgan fingerprint density at radius 2 is 1.70 bits per heavy atom. The van der Waals surface area contributed by atoms with Crippen LogP contribution >= 0.6 is 11.6 Å². The highest BCUT2D eigenvalue weighted by Crippen LogP contribution is 2.36. The van der Waals surface area contributed by atoms with Crippen molar-refractivity contribution in [2.24, 2.45) is 0 Å². The topological polar surface area (TPSA) is 75.3 Å². The van der Waals surface area contributed by atoms with Crippen LogP contribution in [0.4, 0.5) is 23.2 Å². The van der Waals surface area contributed by atoms with Crippen molar-refractivity contribution >= 4 is 33.2 Å². The van der Waals surface area contributed by atoms with Crippen molar-refractivity contribution in [1.29, 1.82) is 0 Å². The summed E-state index contributed by atoms with van der Waals surface area (Å²) in [5.74, 6) is -1.67. The van der Waals surface area contributed by atoms with Crippen LogP contribution in [0.2, 0.25) is 5.02 Å². The average Bonchev–Trinajstić information content (AvgIpc) is 2.55. The Morgan fingerprint density at radius 3 is 2.26 bits per heavy atom. The molecule has 5 nitrogen and oxygen atoms in total. The number of anilines is 1. The minimum absolute atomic E-state index is 0.176. The minimum atomic E-state index is -4.77. The van der Waals surface area contributed by atoms with E-state index in [4.69, 9.17) is 11.6 Å². The number of carbonyl (C=O) groups excluding carboxylic acids is 1. The van der Waals surface area contributed by atoms with Gasteiger partial charge in [0.2, 0.25) is 15.9 Å². The van der Waals surface area contributed by atoms with Gasteiger partial charge in [-0.2, -0.15) is 17.9 Å². The van der Waals surface area contributed by atoms with Crippen molar-refractivity contribution in [1.82, 2.24) is 4.72 Å². The molecule has 0 aliphatic rings. The molecule has 0 bridgehead atoms. The van der Waals surface area contributed by atoms with E-state index in [1.165, 1.54) is 0 Å². The maximum absolute atomic E-state index is 13.1. The predicted molar refractivity (Wildman–Crippen MR) is 91.3 cm³/mol. The molecule has 0 aromatic heterocycles. The van der Waals surface area contributed by atoms with Gasteiger partial charge in [0.15, 0.2) is 0 Å². The Balaban J connectivity index is 2.18. The molecule has 0 heterocycles. The van der Waals surface area contributed by atoms with Gasteiger partial charge in [0.05, 0.1) is 22.2 Å². The maximum Gasteiger partial charge on any atom is 0.418 e. The van der Waals surface area contributed by atoms with Gasteiger partial charge in [0, 0.05) is 5.02 Å². The van der Waals surface area contributed by atoms with E-state index in [0.29, 0.717) is 6.07 Å². The summed E-state index contributed by atoms with van der Waals surface area (Å²) in [6.07, 6.45) is -4.77. The van der Waals surface area contributed by atoms with E-state index in [1.807, 2.05) is 10.0 Å². The average molecular weight is 425 g/mol. The molecule has 27 heavy (non-hydrogen) atoms.